The summed E-state index contributed by atoms with van der Waals surface area (Å²) in [7, 11) is 1.89. The average Bonchev–Trinajstić information content (AvgIpc) is 2.27. The van der Waals surface area contributed by atoms with Gasteiger partial charge in [0.05, 0.1) is 6.61 Å². The molecule has 0 radical (unpaired) electrons. The molecular weight excluding hydrogens is 270 g/mol. The van der Waals surface area contributed by atoms with E-state index in [1.807, 2.05) is 36.2 Å². The minimum absolute atomic E-state index is 0.128. The molecular formula is C12H16BrNO2. The number of halogens is 1. The summed E-state index contributed by atoms with van der Waals surface area (Å²) in [6.07, 6.45) is 0.484. The highest BCUT2D eigenvalue weighted by Crippen LogP contribution is 2.11. The van der Waals surface area contributed by atoms with Crippen LogP contribution in [-0.4, -0.2) is 42.5 Å². The number of carbonyl (C=O) groups is 1. The molecule has 0 fully saturated rings. The highest BCUT2D eigenvalue weighted by Gasteiger charge is 2.06. The van der Waals surface area contributed by atoms with E-state index < -0.39 is 0 Å². The molecule has 0 amide bonds. The second-order valence-electron chi connectivity index (χ2n) is 3.71. The Kier molecular flexibility index (Phi) is 5.66. The molecule has 0 aliphatic carbocycles. The fourth-order valence-electron chi connectivity index (χ4n) is 1.36. The van der Waals surface area contributed by atoms with E-state index in [9.17, 15) is 4.79 Å². The van der Waals surface area contributed by atoms with Gasteiger partial charge in [0.1, 0.15) is 0 Å². The molecule has 16 heavy (non-hydrogen) atoms. The van der Waals surface area contributed by atoms with E-state index in [4.69, 9.17) is 5.11 Å². The van der Waals surface area contributed by atoms with Crippen LogP contribution in [0.1, 0.15) is 16.8 Å². The Hall–Kier alpha value is -0.710. The molecule has 0 atom stereocenters. The molecule has 1 rings (SSSR count). The number of carbonyl (C=O) groups excluding carboxylic acids is 1. The molecule has 88 valence electrons. The maximum absolute atomic E-state index is 11.8. The number of likely N-dealkylation sites (N-methyl/N-ethyl adjacent to an activating group) is 1. The zero-order valence-electron chi connectivity index (χ0n) is 9.32. The van der Waals surface area contributed by atoms with Crippen molar-refractivity contribution in [1.82, 2.24) is 4.90 Å². The second kappa shape index (κ2) is 6.78. The first kappa shape index (κ1) is 13.4. The number of hydrogen-bond donors (Lipinski definition) is 1. The van der Waals surface area contributed by atoms with Crippen molar-refractivity contribution in [3.8, 4) is 0 Å². The molecule has 1 aromatic rings. The number of Topliss-reactive ketones (excluding diaryl/α,β-unsaturated/α-hetero) is 1. The summed E-state index contributed by atoms with van der Waals surface area (Å²) in [6, 6.07) is 7.37. The van der Waals surface area contributed by atoms with Gasteiger partial charge in [-0.2, -0.15) is 0 Å². The van der Waals surface area contributed by atoms with Gasteiger partial charge in [-0.05, 0) is 19.2 Å². The maximum Gasteiger partial charge on any atom is 0.164 e. The Bertz CT molecular complexity index is 337. The summed E-state index contributed by atoms with van der Waals surface area (Å²) in [6.45, 7) is 1.41. The van der Waals surface area contributed by atoms with Crippen molar-refractivity contribution >= 4 is 21.7 Å². The molecule has 3 nitrogen and oxygen atoms in total. The quantitative estimate of drug-likeness (QED) is 0.813. The lowest BCUT2D eigenvalue weighted by Crippen LogP contribution is -2.24. The summed E-state index contributed by atoms with van der Waals surface area (Å²) in [5, 5.41) is 8.72. The van der Waals surface area contributed by atoms with Crippen molar-refractivity contribution in [3.63, 3.8) is 0 Å². The van der Waals surface area contributed by atoms with Crippen LogP contribution in [0.3, 0.4) is 0 Å². The summed E-state index contributed by atoms with van der Waals surface area (Å²) >= 11 is 3.33. The average molecular weight is 286 g/mol. The first-order valence-corrected chi connectivity index (χ1v) is 6.01. The van der Waals surface area contributed by atoms with Gasteiger partial charge >= 0.3 is 0 Å². The largest absolute Gasteiger partial charge is 0.395 e. The first-order valence-electron chi connectivity index (χ1n) is 5.21. The molecule has 0 spiro atoms. The van der Waals surface area contributed by atoms with Crippen LogP contribution in [0.4, 0.5) is 0 Å². The fourth-order valence-corrected chi connectivity index (χ4v) is 1.62. The lowest BCUT2D eigenvalue weighted by molar-refractivity contribution is 0.0964. The van der Waals surface area contributed by atoms with Gasteiger partial charge in [0.15, 0.2) is 5.78 Å². The van der Waals surface area contributed by atoms with E-state index in [0.29, 0.717) is 19.5 Å². The Balaban J connectivity index is 2.43. The van der Waals surface area contributed by atoms with Gasteiger partial charge in [-0.15, -0.1) is 0 Å². The standard InChI is InChI=1S/C12H16BrNO2/c1-14(8-9-15)7-6-12(16)10-2-4-11(13)5-3-10/h2-5,15H,6-9H2,1H3. The van der Waals surface area contributed by atoms with E-state index in [2.05, 4.69) is 15.9 Å². The SMILES string of the molecule is CN(CCO)CCC(=O)c1ccc(Br)cc1. The number of aliphatic hydroxyl groups excluding tert-OH is 1. The Labute approximate surface area is 104 Å². The lowest BCUT2D eigenvalue weighted by Gasteiger charge is -2.13. The van der Waals surface area contributed by atoms with Crippen molar-refractivity contribution in [3.05, 3.63) is 34.3 Å². The third-order valence-electron chi connectivity index (χ3n) is 2.37. The van der Waals surface area contributed by atoms with E-state index in [1.54, 1.807) is 0 Å². The molecule has 0 bridgehead atoms. The molecule has 1 N–H and O–H groups in total. The van der Waals surface area contributed by atoms with Crippen LogP contribution in [0.5, 0.6) is 0 Å². The monoisotopic (exact) mass is 285 g/mol. The van der Waals surface area contributed by atoms with E-state index in [1.165, 1.54) is 0 Å². The summed E-state index contributed by atoms with van der Waals surface area (Å²) in [5.41, 5.74) is 0.737. The van der Waals surface area contributed by atoms with E-state index in [-0.39, 0.29) is 12.4 Å². The number of ketones is 1. The van der Waals surface area contributed by atoms with Crippen LogP contribution in [0.2, 0.25) is 0 Å². The Morgan fingerprint density at radius 2 is 1.94 bits per heavy atom. The Morgan fingerprint density at radius 1 is 1.31 bits per heavy atom. The van der Waals surface area contributed by atoms with Crippen LogP contribution >= 0.6 is 15.9 Å². The highest BCUT2D eigenvalue weighted by atomic mass is 79.9. The molecule has 0 aromatic heterocycles. The minimum atomic E-state index is 0.128. The van der Waals surface area contributed by atoms with Crippen LogP contribution in [0, 0.1) is 0 Å². The number of rotatable bonds is 6. The van der Waals surface area contributed by atoms with Crippen molar-refractivity contribution < 1.29 is 9.90 Å². The van der Waals surface area contributed by atoms with Gasteiger partial charge in [0.2, 0.25) is 0 Å². The predicted molar refractivity (Wildman–Crippen MR) is 67.7 cm³/mol. The van der Waals surface area contributed by atoms with Crippen molar-refractivity contribution in [2.75, 3.05) is 26.7 Å². The smallest absolute Gasteiger partial charge is 0.164 e. The lowest BCUT2D eigenvalue weighted by atomic mass is 10.1. The van der Waals surface area contributed by atoms with Crippen molar-refractivity contribution in [2.45, 2.75) is 6.42 Å². The maximum atomic E-state index is 11.8. The predicted octanol–water partition coefficient (Wildman–Crippen LogP) is 1.95. The third kappa shape index (κ3) is 4.43. The van der Waals surface area contributed by atoms with E-state index in [0.717, 1.165) is 10.0 Å². The number of hydrogen-bond acceptors (Lipinski definition) is 3. The van der Waals surface area contributed by atoms with Crippen molar-refractivity contribution in [1.29, 1.82) is 0 Å². The zero-order chi connectivity index (χ0) is 12.0. The number of aliphatic hydroxyl groups is 1. The van der Waals surface area contributed by atoms with Gasteiger partial charge in [0.25, 0.3) is 0 Å². The second-order valence-corrected chi connectivity index (χ2v) is 4.62. The molecule has 0 aliphatic heterocycles. The van der Waals surface area contributed by atoms with E-state index >= 15 is 0 Å². The third-order valence-corrected chi connectivity index (χ3v) is 2.90. The molecule has 0 unspecified atom stereocenters. The zero-order valence-corrected chi connectivity index (χ0v) is 10.9. The van der Waals surface area contributed by atoms with Gasteiger partial charge < -0.3 is 10.0 Å². The normalized spacial score (nSPS) is 10.8. The summed E-state index contributed by atoms with van der Waals surface area (Å²) in [5.74, 6) is 0.136. The first-order chi connectivity index (χ1) is 7.63. The van der Waals surface area contributed by atoms with Gasteiger partial charge in [0, 0.05) is 29.5 Å². The van der Waals surface area contributed by atoms with Crippen LogP contribution in [0.25, 0.3) is 0 Å². The molecule has 1 aromatic carbocycles. The summed E-state index contributed by atoms with van der Waals surface area (Å²) < 4.78 is 0.974. The summed E-state index contributed by atoms with van der Waals surface area (Å²) in [4.78, 5) is 13.7. The highest BCUT2D eigenvalue weighted by molar-refractivity contribution is 9.10. The van der Waals surface area contributed by atoms with Crippen LogP contribution in [0.15, 0.2) is 28.7 Å². The van der Waals surface area contributed by atoms with Gasteiger partial charge in [-0.3, -0.25) is 4.79 Å². The Morgan fingerprint density at radius 3 is 2.50 bits per heavy atom. The van der Waals surface area contributed by atoms with Gasteiger partial charge in [-0.1, -0.05) is 28.1 Å². The van der Waals surface area contributed by atoms with Gasteiger partial charge in [-0.25, -0.2) is 0 Å². The minimum Gasteiger partial charge on any atom is -0.395 e. The fraction of sp³-hybridized carbons (Fsp3) is 0.417. The topological polar surface area (TPSA) is 40.5 Å². The molecule has 4 heteroatoms. The molecule has 0 saturated heterocycles. The van der Waals surface area contributed by atoms with Crippen LogP contribution in [-0.2, 0) is 0 Å². The van der Waals surface area contributed by atoms with Crippen molar-refractivity contribution in [2.24, 2.45) is 0 Å². The van der Waals surface area contributed by atoms with Crippen LogP contribution < -0.4 is 0 Å². The number of benzene rings is 1. The molecule has 0 saturated carbocycles. The number of nitrogens with zero attached hydrogens (tertiary/aromatic N) is 1. The molecule has 0 aliphatic rings. The molecule has 0 heterocycles.